The minimum absolute atomic E-state index is 0.341. The van der Waals surface area contributed by atoms with Crippen molar-refractivity contribution in [2.45, 2.75) is 52.7 Å². The van der Waals surface area contributed by atoms with Crippen LogP contribution in [0.2, 0.25) is 0 Å². The summed E-state index contributed by atoms with van der Waals surface area (Å²) in [5, 5.41) is 0. The zero-order valence-corrected chi connectivity index (χ0v) is 15.3. The maximum absolute atomic E-state index is 6.12. The first kappa shape index (κ1) is 17.4. The lowest BCUT2D eigenvalue weighted by atomic mass is 9.78. The van der Waals surface area contributed by atoms with Crippen molar-refractivity contribution in [3.05, 3.63) is 34.3 Å². The van der Waals surface area contributed by atoms with Gasteiger partial charge in [-0.1, -0.05) is 6.08 Å². The maximum atomic E-state index is 6.12. The molecule has 0 amide bonds. The van der Waals surface area contributed by atoms with Gasteiger partial charge in [0, 0.05) is 11.4 Å². The van der Waals surface area contributed by atoms with Crippen molar-refractivity contribution in [1.29, 1.82) is 0 Å². The quantitative estimate of drug-likeness (QED) is 0.505. The van der Waals surface area contributed by atoms with E-state index in [9.17, 15) is 0 Å². The predicted molar refractivity (Wildman–Crippen MR) is 98.2 cm³/mol. The summed E-state index contributed by atoms with van der Waals surface area (Å²) >= 11 is 4.46. The molecule has 0 bridgehead atoms. The van der Waals surface area contributed by atoms with Gasteiger partial charge >= 0.3 is 7.12 Å². The smallest absolute Gasteiger partial charge is 0.400 e. The Hall–Kier alpha value is -0.905. The minimum Gasteiger partial charge on any atom is -0.400 e. The Morgan fingerprint density at radius 3 is 2.18 bits per heavy atom. The Bertz CT molecular complexity index is 595. The van der Waals surface area contributed by atoms with Crippen molar-refractivity contribution < 1.29 is 9.31 Å². The highest BCUT2D eigenvalue weighted by atomic mass is 32.1. The molecule has 0 aromatic heterocycles. The molecule has 22 heavy (non-hydrogen) atoms. The number of nitrogens with two attached hydrogens (primary N) is 1. The minimum atomic E-state index is -0.361. The lowest BCUT2D eigenvalue weighted by Gasteiger charge is -2.32. The summed E-state index contributed by atoms with van der Waals surface area (Å²) in [6.07, 6.45) is 2.11. The number of anilines is 1. The molecule has 1 aliphatic rings. The molecule has 120 valence electrons. The molecule has 1 aromatic carbocycles. The van der Waals surface area contributed by atoms with Gasteiger partial charge in [-0.2, -0.15) is 12.6 Å². The maximum Gasteiger partial charge on any atom is 0.491 e. The van der Waals surface area contributed by atoms with Crippen LogP contribution < -0.4 is 5.73 Å². The van der Waals surface area contributed by atoms with Crippen LogP contribution in [-0.4, -0.2) is 24.1 Å². The van der Waals surface area contributed by atoms with E-state index in [0.29, 0.717) is 5.75 Å². The van der Waals surface area contributed by atoms with Crippen LogP contribution in [0.15, 0.2) is 17.6 Å². The van der Waals surface area contributed by atoms with E-state index < -0.39 is 0 Å². The number of aryl methyl sites for hydroxylation is 2. The molecule has 1 heterocycles. The van der Waals surface area contributed by atoms with Crippen molar-refractivity contribution in [3.63, 3.8) is 0 Å². The SMILES string of the molecule is Cc1cc(C=C(CS)B2OC(C)(C)C(C)(C)O2)c(C)cc1N. The number of rotatable bonds is 3. The van der Waals surface area contributed by atoms with E-state index in [1.165, 1.54) is 0 Å². The molecular formula is C17H26BNO2S. The normalized spacial score (nSPS) is 20.5. The molecule has 1 fully saturated rings. The molecule has 0 saturated carbocycles. The Labute approximate surface area is 139 Å². The highest BCUT2D eigenvalue weighted by molar-refractivity contribution is 7.80. The van der Waals surface area contributed by atoms with Crippen LogP contribution in [0, 0.1) is 13.8 Å². The summed E-state index contributed by atoms with van der Waals surface area (Å²) in [5.41, 5.74) is 10.5. The van der Waals surface area contributed by atoms with Crippen LogP contribution in [0.3, 0.4) is 0 Å². The molecular weight excluding hydrogens is 293 g/mol. The lowest BCUT2D eigenvalue weighted by molar-refractivity contribution is 0.00578. The Balaban J connectivity index is 2.36. The first-order chi connectivity index (χ1) is 10.1. The van der Waals surface area contributed by atoms with E-state index in [1.54, 1.807) is 0 Å². The van der Waals surface area contributed by atoms with Gasteiger partial charge in [0.15, 0.2) is 0 Å². The third kappa shape index (κ3) is 3.22. The molecule has 1 aliphatic heterocycles. The zero-order chi connectivity index (χ0) is 16.7. The van der Waals surface area contributed by atoms with Crippen LogP contribution in [-0.2, 0) is 9.31 Å². The van der Waals surface area contributed by atoms with Crippen molar-refractivity contribution in [1.82, 2.24) is 0 Å². The zero-order valence-electron chi connectivity index (χ0n) is 14.4. The lowest BCUT2D eigenvalue weighted by Crippen LogP contribution is -2.41. The highest BCUT2D eigenvalue weighted by Gasteiger charge is 2.52. The molecule has 1 aromatic rings. The van der Waals surface area contributed by atoms with E-state index in [4.69, 9.17) is 15.0 Å². The summed E-state index contributed by atoms with van der Waals surface area (Å²) in [6.45, 7) is 12.3. The summed E-state index contributed by atoms with van der Waals surface area (Å²) in [5.74, 6) is 0.583. The second-order valence-electron chi connectivity index (χ2n) is 7.03. The summed E-state index contributed by atoms with van der Waals surface area (Å²) < 4.78 is 12.2. The van der Waals surface area contributed by atoms with Gasteiger partial charge in [0.2, 0.25) is 0 Å². The predicted octanol–water partition coefficient (Wildman–Crippen LogP) is 3.83. The standard InChI is InChI=1S/C17H26BNO2S/c1-11-8-15(19)12(2)7-13(11)9-14(10-22)18-20-16(3,4)17(5,6)21-18/h7-9,22H,10,19H2,1-6H3. The average molecular weight is 319 g/mol. The molecule has 0 unspecified atom stereocenters. The summed E-state index contributed by atoms with van der Waals surface area (Å²) in [4.78, 5) is 0. The fraction of sp³-hybridized carbons (Fsp3) is 0.529. The molecule has 5 heteroatoms. The van der Waals surface area contributed by atoms with Crippen LogP contribution in [0.25, 0.3) is 6.08 Å². The van der Waals surface area contributed by atoms with E-state index in [0.717, 1.165) is 27.9 Å². The monoisotopic (exact) mass is 319 g/mol. The van der Waals surface area contributed by atoms with E-state index in [2.05, 4.69) is 59.4 Å². The molecule has 3 nitrogen and oxygen atoms in total. The average Bonchev–Trinajstić information content (AvgIpc) is 2.61. The third-order valence-electron chi connectivity index (χ3n) is 4.73. The van der Waals surface area contributed by atoms with Gasteiger partial charge in [-0.05, 0) is 75.8 Å². The van der Waals surface area contributed by atoms with Gasteiger partial charge < -0.3 is 15.0 Å². The second-order valence-corrected chi connectivity index (χ2v) is 7.35. The van der Waals surface area contributed by atoms with E-state index >= 15 is 0 Å². The van der Waals surface area contributed by atoms with Crippen molar-refractivity contribution in [2.24, 2.45) is 0 Å². The van der Waals surface area contributed by atoms with E-state index in [-0.39, 0.29) is 18.3 Å². The highest BCUT2D eigenvalue weighted by Crippen LogP contribution is 2.39. The van der Waals surface area contributed by atoms with Crippen LogP contribution in [0.4, 0.5) is 5.69 Å². The van der Waals surface area contributed by atoms with Gasteiger partial charge in [0.05, 0.1) is 11.2 Å². The van der Waals surface area contributed by atoms with Crippen LogP contribution >= 0.6 is 12.6 Å². The van der Waals surface area contributed by atoms with Gasteiger partial charge in [0.25, 0.3) is 0 Å². The first-order valence-electron chi connectivity index (χ1n) is 7.61. The largest absolute Gasteiger partial charge is 0.491 e. The fourth-order valence-corrected chi connectivity index (χ4v) is 2.64. The Morgan fingerprint density at radius 1 is 1.14 bits per heavy atom. The molecule has 0 radical (unpaired) electrons. The summed E-state index contributed by atoms with van der Waals surface area (Å²) in [6, 6.07) is 4.10. The Morgan fingerprint density at radius 2 is 1.68 bits per heavy atom. The molecule has 0 aliphatic carbocycles. The topological polar surface area (TPSA) is 44.5 Å². The number of hydrogen-bond acceptors (Lipinski definition) is 4. The third-order valence-corrected chi connectivity index (χ3v) is 5.10. The van der Waals surface area contributed by atoms with Gasteiger partial charge in [-0.25, -0.2) is 0 Å². The molecule has 0 atom stereocenters. The first-order valence-corrected chi connectivity index (χ1v) is 8.24. The van der Waals surface area contributed by atoms with Gasteiger partial charge in [-0.3, -0.25) is 0 Å². The Kier molecular flexibility index (Phi) is 4.72. The molecule has 2 rings (SSSR count). The number of hydrogen-bond donors (Lipinski definition) is 2. The van der Waals surface area contributed by atoms with Crippen LogP contribution in [0.5, 0.6) is 0 Å². The number of benzene rings is 1. The summed E-state index contributed by atoms with van der Waals surface area (Å²) in [7, 11) is -0.361. The second kappa shape index (κ2) is 5.95. The van der Waals surface area contributed by atoms with Crippen molar-refractivity contribution >= 4 is 31.5 Å². The molecule has 0 spiro atoms. The molecule has 2 N–H and O–H groups in total. The van der Waals surface area contributed by atoms with Crippen molar-refractivity contribution in [3.8, 4) is 0 Å². The fourth-order valence-electron chi connectivity index (χ4n) is 2.40. The number of nitrogen functional groups attached to an aromatic ring is 1. The molecule has 1 saturated heterocycles. The van der Waals surface area contributed by atoms with Gasteiger partial charge in [-0.15, -0.1) is 0 Å². The van der Waals surface area contributed by atoms with E-state index in [1.807, 2.05) is 13.0 Å². The van der Waals surface area contributed by atoms with Crippen LogP contribution in [0.1, 0.15) is 44.4 Å². The van der Waals surface area contributed by atoms with Crippen molar-refractivity contribution in [2.75, 3.05) is 11.5 Å². The van der Waals surface area contributed by atoms with Gasteiger partial charge in [0.1, 0.15) is 0 Å². The number of thiol groups is 1.